The molecule has 1 unspecified atom stereocenters. The number of rotatable bonds is 4. The fourth-order valence-corrected chi connectivity index (χ4v) is 5.67. The molecule has 2 aliphatic heterocycles. The number of aromatic nitrogens is 2. The number of benzene rings is 1. The van der Waals surface area contributed by atoms with E-state index in [4.69, 9.17) is 10.2 Å². The number of fused-ring (bicyclic) bond motifs is 1. The molecule has 0 radical (unpaired) electrons. The van der Waals surface area contributed by atoms with Gasteiger partial charge >= 0.3 is 5.97 Å². The van der Waals surface area contributed by atoms with Crippen molar-refractivity contribution in [1.82, 2.24) is 20.0 Å². The summed E-state index contributed by atoms with van der Waals surface area (Å²) in [7, 11) is 0. The summed E-state index contributed by atoms with van der Waals surface area (Å²) in [6.45, 7) is 1.07. The summed E-state index contributed by atoms with van der Waals surface area (Å²) in [6.07, 6.45) is 7.33. The van der Waals surface area contributed by atoms with E-state index in [0.717, 1.165) is 42.1 Å². The van der Waals surface area contributed by atoms with Gasteiger partial charge in [0.05, 0.1) is 23.4 Å². The number of aliphatic carboxylic acids is 1. The maximum Gasteiger partial charge on any atom is 0.306 e. The van der Waals surface area contributed by atoms with Crippen molar-refractivity contribution in [2.75, 3.05) is 13.1 Å². The number of likely N-dealkylation sites (tertiary alicyclic amines) is 1. The summed E-state index contributed by atoms with van der Waals surface area (Å²) in [4.78, 5) is 49.6. The second-order valence-corrected chi connectivity index (χ2v) is 9.87. The van der Waals surface area contributed by atoms with Gasteiger partial charge in [0, 0.05) is 37.0 Å². The Balaban J connectivity index is 1.20. The molecule has 1 aromatic heterocycles. The van der Waals surface area contributed by atoms with Crippen molar-refractivity contribution < 1.29 is 24.3 Å². The maximum absolute atomic E-state index is 13.0. The van der Waals surface area contributed by atoms with Crippen LogP contribution < -0.4 is 5.32 Å². The molecule has 1 saturated carbocycles. The Kier molecular flexibility index (Phi) is 6.10. The molecule has 180 valence electrons. The minimum Gasteiger partial charge on any atom is -0.481 e. The topological polar surface area (TPSA) is 122 Å². The Morgan fingerprint density at radius 1 is 0.971 bits per heavy atom. The lowest BCUT2D eigenvalue weighted by Gasteiger charge is -2.35. The van der Waals surface area contributed by atoms with Gasteiger partial charge in [-0.3, -0.25) is 29.2 Å². The Morgan fingerprint density at radius 2 is 1.71 bits per heavy atom. The van der Waals surface area contributed by atoms with E-state index < -0.39 is 5.97 Å². The van der Waals surface area contributed by atoms with Crippen molar-refractivity contribution >= 4 is 34.6 Å². The van der Waals surface area contributed by atoms with Gasteiger partial charge in [-0.25, -0.2) is 0 Å². The molecule has 3 fully saturated rings. The Hall–Kier alpha value is -3.23. The summed E-state index contributed by atoms with van der Waals surface area (Å²) >= 11 is 0. The Labute approximate surface area is 197 Å². The molecule has 34 heavy (non-hydrogen) atoms. The van der Waals surface area contributed by atoms with Crippen LogP contribution in [0.1, 0.15) is 68.9 Å². The third-order valence-corrected chi connectivity index (χ3v) is 7.76. The van der Waals surface area contributed by atoms with Crippen LogP contribution in [0.15, 0.2) is 24.4 Å². The van der Waals surface area contributed by atoms with Gasteiger partial charge in [0.1, 0.15) is 0 Å². The smallest absolute Gasteiger partial charge is 0.306 e. The van der Waals surface area contributed by atoms with Crippen molar-refractivity contribution in [2.24, 2.45) is 11.8 Å². The molecule has 9 nitrogen and oxygen atoms in total. The molecule has 3 amide bonds. The van der Waals surface area contributed by atoms with E-state index in [2.05, 4.69) is 5.32 Å². The van der Waals surface area contributed by atoms with Crippen LogP contribution in [0.3, 0.4) is 0 Å². The molecule has 1 atom stereocenters. The molecule has 9 heteroatoms. The number of hydrogen-bond acceptors (Lipinski definition) is 5. The first-order chi connectivity index (χ1) is 16.4. The van der Waals surface area contributed by atoms with Crippen LogP contribution in [-0.2, 0) is 19.2 Å². The van der Waals surface area contributed by atoms with E-state index in [1.165, 1.54) is 0 Å². The summed E-state index contributed by atoms with van der Waals surface area (Å²) < 4.78 is 2.00. The van der Waals surface area contributed by atoms with Gasteiger partial charge in [-0.2, -0.15) is 5.10 Å². The van der Waals surface area contributed by atoms with Gasteiger partial charge in [-0.15, -0.1) is 0 Å². The van der Waals surface area contributed by atoms with Crippen LogP contribution in [0.5, 0.6) is 0 Å². The van der Waals surface area contributed by atoms with Crippen molar-refractivity contribution in [3.8, 4) is 0 Å². The zero-order chi connectivity index (χ0) is 23.8. The van der Waals surface area contributed by atoms with E-state index in [1.54, 1.807) is 0 Å². The SMILES string of the molecule is O=C1CCC(c2ccc3nn(C4CCC(C(=O)N5CCC(C(=O)O)CC5)CC4)cc3c2)C(=O)N1. The normalized spacial score (nSPS) is 26.5. The number of carbonyl (C=O) groups is 4. The zero-order valence-corrected chi connectivity index (χ0v) is 19.1. The fraction of sp³-hybridized carbons (Fsp3) is 0.560. The average Bonchev–Trinajstić information content (AvgIpc) is 3.27. The largest absolute Gasteiger partial charge is 0.481 e. The standard InChI is InChI=1S/C25H30N4O5/c30-22-8-6-20(23(31)26-22)17-3-7-21-18(13-17)14-29(27-21)19-4-1-15(2-5-19)24(32)28-11-9-16(10-12-28)25(33)34/h3,7,13-16,19-20H,1-2,4-6,8-12H2,(H,33,34)(H,26,30,31). The molecule has 5 rings (SSSR count). The highest BCUT2D eigenvalue weighted by molar-refractivity contribution is 6.01. The molecule has 2 saturated heterocycles. The summed E-state index contributed by atoms with van der Waals surface area (Å²) in [6, 6.07) is 6.08. The number of carboxylic acids is 1. The molecule has 0 spiro atoms. The molecule has 3 heterocycles. The van der Waals surface area contributed by atoms with Gasteiger partial charge in [-0.1, -0.05) is 6.07 Å². The van der Waals surface area contributed by atoms with Crippen LogP contribution >= 0.6 is 0 Å². The lowest BCUT2D eigenvalue weighted by atomic mass is 9.84. The highest BCUT2D eigenvalue weighted by Gasteiger charge is 2.34. The van der Waals surface area contributed by atoms with E-state index in [0.29, 0.717) is 38.8 Å². The number of carbonyl (C=O) groups excluding carboxylic acids is 3. The maximum atomic E-state index is 13.0. The molecule has 2 aromatic rings. The molecule has 1 aliphatic carbocycles. The van der Waals surface area contributed by atoms with Gasteiger partial charge in [-0.05, 0) is 62.6 Å². The van der Waals surface area contributed by atoms with Gasteiger partial charge < -0.3 is 10.0 Å². The van der Waals surface area contributed by atoms with E-state index in [1.807, 2.05) is 34.0 Å². The first kappa shape index (κ1) is 22.6. The first-order valence-corrected chi connectivity index (χ1v) is 12.2. The van der Waals surface area contributed by atoms with Crippen LogP contribution in [0.2, 0.25) is 0 Å². The van der Waals surface area contributed by atoms with Crippen LogP contribution in [0.4, 0.5) is 0 Å². The van der Waals surface area contributed by atoms with Crippen molar-refractivity contribution in [1.29, 1.82) is 0 Å². The predicted octanol–water partition coefficient (Wildman–Crippen LogP) is 2.61. The molecular formula is C25H30N4O5. The number of piperidine rings is 2. The number of carboxylic acid groups (broad SMARTS) is 1. The molecule has 0 bridgehead atoms. The fourth-order valence-electron chi connectivity index (χ4n) is 5.67. The number of hydrogen-bond donors (Lipinski definition) is 2. The lowest BCUT2D eigenvalue weighted by molar-refractivity contribution is -0.147. The van der Waals surface area contributed by atoms with Crippen molar-refractivity contribution in [2.45, 2.75) is 63.3 Å². The number of amides is 3. The van der Waals surface area contributed by atoms with Gasteiger partial charge in [0.2, 0.25) is 17.7 Å². The first-order valence-electron chi connectivity index (χ1n) is 12.2. The van der Waals surface area contributed by atoms with Gasteiger partial charge in [0.25, 0.3) is 0 Å². The van der Waals surface area contributed by atoms with Crippen LogP contribution in [0.25, 0.3) is 10.9 Å². The third kappa shape index (κ3) is 4.43. The third-order valence-electron chi connectivity index (χ3n) is 7.76. The van der Waals surface area contributed by atoms with Crippen LogP contribution in [0, 0.1) is 11.8 Å². The van der Waals surface area contributed by atoms with Crippen molar-refractivity contribution in [3.63, 3.8) is 0 Å². The molecule has 3 aliphatic rings. The number of imide groups is 1. The summed E-state index contributed by atoms with van der Waals surface area (Å²) in [5, 5.41) is 17.3. The molecule has 1 aromatic carbocycles. The summed E-state index contributed by atoms with van der Waals surface area (Å²) in [5.41, 5.74) is 1.77. The molecular weight excluding hydrogens is 436 g/mol. The second kappa shape index (κ2) is 9.19. The van der Waals surface area contributed by atoms with Gasteiger partial charge in [0.15, 0.2) is 0 Å². The van der Waals surface area contributed by atoms with E-state index >= 15 is 0 Å². The predicted molar refractivity (Wildman–Crippen MR) is 123 cm³/mol. The van der Waals surface area contributed by atoms with Crippen LogP contribution in [-0.4, -0.2) is 56.6 Å². The lowest BCUT2D eigenvalue weighted by Crippen LogP contribution is -2.43. The Morgan fingerprint density at radius 3 is 2.38 bits per heavy atom. The van der Waals surface area contributed by atoms with E-state index in [9.17, 15) is 19.2 Å². The molecule has 2 N–H and O–H groups in total. The number of nitrogens with zero attached hydrogens (tertiary/aromatic N) is 3. The highest BCUT2D eigenvalue weighted by Crippen LogP contribution is 2.35. The van der Waals surface area contributed by atoms with E-state index in [-0.39, 0.29) is 41.5 Å². The highest BCUT2D eigenvalue weighted by atomic mass is 16.4. The number of nitrogens with one attached hydrogen (secondary N) is 1. The zero-order valence-electron chi connectivity index (χ0n) is 19.1. The minimum absolute atomic E-state index is 0.00160. The minimum atomic E-state index is -0.761. The Bertz CT molecular complexity index is 1130. The second-order valence-electron chi connectivity index (χ2n) is 9.87. The monoisotopic (exact) mass is 466 g/mol. The average molecular weight is 467 g/mol. The summed E-state index contributed by atoms with van der Waals surface area (Å²) in [5.74, 6) is -1.68. The quantitative estimate of drug-likeness (QED) is 0.668. The van der Waals surface area contributed by atoms with Crippen molar-refractivity contribution in [3.05, 3.63) is 30.0 Å².